The molecule has 2 rings (SSSR count). The predicted molar refractivity (Wildman–Crippen MR) is 86.9 cm³/mol. The monoisotopic (exact) mass is 320 g/mol. The third-order valence-corrected chi connectivity index (χ3v) is 4.07. The van der Waals surface area contributed by atoms with E-state index in [2.05, 4.69) is 15.6 Å². The van der Waals surface area contributed by atoms with Crippen molar-refractivity contribution in [1.29, 1.82) is 0 Å². The Kier molecular flexibility index (Phi) is 4.97. The third-order valence-electron chi connectivity index (χ3n) is 3.30. The molecule has 0 aliphatic rings. The van der Waals surface area contributed by atoms with E-state index in [1.807, 2.05) is 31.6 Å². The van der Waals surface area contributed by atoms with Gasteiger partial charge in [0.25, 0.3) is 5.91 Å². The topological polar surface area (TPSA) is 76.0 Å². The molecule has 2 heterocycles. The molecule has 0 aromatic carbocycles. The zero-order chi connectivity index (χ0) is 16.3. The molecule has 7 heteroatoms. The van der Waals surface area contributed by atoms with Gasteiger partial charge in [-0.25, -0.2) is 4.98 Å². The van der Waals surface area contributed by atoms with Crippen molar-refractivity contribution in [2.45, 2.75) is 26.3 Å². The quantitative estimate of drug-likeness (QED) is 0.880. The molecule has 1 unspecified atom stereocenters. The van der Waals surface area contributed by atoms with E-state index in [0.717, 1.165) is 16.3 Å². The number of nitrogens with zero attached hydrogens (tertiary/aromatic N) is 2. The Morgan fingerprint density at radius 1 is 1.45 bits per heavy atom. The van der Waals surface area contributed by atoms with Crippen LogP contribution < -0.4 is 10.6 Å². The van der Waals surface area contributed by atoms with E-state index in [9.17, 15) is 9.59 Å². The van der Waals surface area contributed by atoms with Gasteiger partial charge in [-0.2, -0.15) is 0 Å². The molecule has 0 radical (unpaired) electrons. The Labute approximate surface area is 133 Å². The smallest absolute Gasteiger partial charge is 0.268 e. The second kappa shape index (κ2) is 6.74. The van der Waals surface area contributed by atoms with Gasteiger partial charge in [-0.05, 0) is 19.9 Å². The van der Waals surface area contributed by atoms with Crippen LogP contribution in [-0.4, -0.2) is 34.5 Å². The molecule has 0 aliphatic carbocycles. The van der Waals surface area contributed by atoms with Crippen LogP contribution >= 0.6 is 11.3 Å². The van der Waals surface area contributed by atoms with Gasteiger partial charge in [0.05, 0.1) is 10.7 Å². The van der Waals surface area contributed by atoms with Crippen LogP contribution in [0.2, 0.25) is 0 Å². The first-order chi connectivity index (χ1) is 10.4. The van der Waals surface area contributed by atoms with E-state index in [-0.39, 0.29) is 24.3 Å². The first-order valence-electron chi connectivity index (χ1n) is 7.01. The van der Waals surface area contributed by atoms with E-state index in [1.54, 1.807) is 29.9 Å². The van der Waals surface area contributed by atoms with Gasteiger partial charge in [0.15, 0.2) is 0 Å². The average molecular weight is 320 g/mol. The van der Waals surface area contributed by atoms with E-state index >= 15 is 0 Å². The molecule has 0 saturated carbocycles. The van der Waals surface area contributed by atoms with Gasteiger partial charge in [0.1, 0.15) is 5.69 Å². The van der Waals surface area contributed by atoms with Gasteiger partial charge in [-0.15, -0.1) is 11.3 Å². The highest BCUT2D eigenvalue weighted by molar-refractivity contribution is 7.09. The Morgan fingerprint density at radius 3 is 2.77 bits per heavy atom. The molecular weight excluding hydrogens is 300 g/mol. The van der Waals surface area contributed by atoms with Crippen LogP contribution in [-0.2, 0) is 11.8 Å². The molecule has 0 bridgehead atoms. The number of carbonyl (C=O) groups is 2. The van der Waals surface area contributed by atoms with Crippen molar-refractivity contribution in [3.63, 3.8) is 0 Å². The molecule has 0 spiro atoms. The van der Waals surface area contributed by atoms with Gasteiger partial charge < -0.3 is 15.2 Å². The molecule has 0 fully saturated rings. The standard InChI is InChI=1S/C15H20N4O2S/c1-9(5-14(20)16-3)17-15(21)13-6-11(7-19(13)4)12-8-22-10(2)18-12/h6-9H,5H2,1-4H3,(H,16,20)(H,17,21). The van der Waals surface area contributed by atoms with Crippen molar-refractivity contribution in [3.8, 4) is 11.3 Å². The zero-order valence-corrected chi connectivity index (χ0v) is 14.0. The van der Waals surface area contributed by atoms with E-state index in [1.165, 1.54) is 0 Å². The number of aryl methyl sites for hydroxylation is 2. The van der Waals surface area contributed by atoms with Crippen molar-refractivity contribution in [2.24, 2.45) is 7.05 Å². The van der Waals surface area contributed by atoms with Crippen molar-refractivity contribution >= 4 is 23.2 Å². The second-order valence-electron chi connectivity index (χ2n) is 5.23. The second-order valence-corrected chi connectivity index (χ2v) is 6.29. The molecule has 0 aliphatic heterocycles. The molecule has 1 atom stereocenters. The Hall–Kier alpha value is -2.15. The van der Waals surface area contributed by atoms with Gasteiger partial charge in [0, 0.05) is 43.7 Å². The summed E-state index contributed by atoms with van der Waals surface area (Å²) >= 11 is 1.58. The fourth-order valence-corrected chi connectivity index (χ4v) is 2.78. The van der Waals surface area contributed by atoms with Crippen molar-refractivity contribution in [3.05, 3.63) is 28.3 Å². The maximum atomic E-state index is 12.3. The Morgan fingerprint density at radius 2 is 2.18 bits per heavy atom. The number of nitrogens with one attached hydrogen (secondary N) is 2. The summed E-state index contributed by atoms with van der Waals surface area (Å²) in [5.74, 6) is -0.296. The van der Waals surface area contributed by atoms with Crippen LogP contribution in [0.3, 0.4) is 0 Å². The minimum Gasteiger partial charge on any atom is -0.359 e. The van der Waals surface area contributed by atoms with Crippen LogP contribution in [0.25, 0.3) is 11.3 Å². The molecular formula is C15H20N4O2S. The van der Waals surface area contributed by atoms with Crippen LogP contribution in [0.15, 0.2) is 17.6 Å². The lowest BCUT2D eigenvalue weighted by atomic mass is 10.2. The number of carbonyl (C=O) groups excluding carboxylic acids is 2. The highest BCUT2D eigenvalue weighted by atomic mass is 32.1. The summed E-state index contributed by atoms with van der Waals surface area (Å²) < 4.78 is 1.77. The summed E-state index contributed by atoms with van der Waals surface area (Å²) in [5, 5.41) is 8.34. The molecule has 2 aromatic rings. The molecule has 2 N–H and O–H groups in total. The number of thiazole rings is 1. The Balaban J connectivity index is 2.10. The molecule has 22 heavy (non-hydrogen) atoms. The summed E-state index contributed by atoms with van der Waals surface area (Å²) in [5.41, 5.74) is 2.33. The first kappa shape index (κ1) is 16.2. The van der Waals surface area contributed by atoms with Crippen molar-refractivity contribution < 1.29 is 9.59 Å². The maximum absolute atomic E-state index is 12.3. The van der Waals surface area contributed by atoms with Gasteiger partial charge in [-0.3, -0.25) is 9.59 Å². The molecule has 2 aromatic heterocycles. The van der Waals surface area contributed by atoms with Crippen LogP contribution in [0.4, 0.5) is 0 Å². The number of rotatable bonds is 5. The zero-order valence-electron chi connectivity index (χ0n) is 13.1. The summed E-state index contributed by atoms with van der Waals surface area (Å²) in [6.45, 7) is 3.76. The van der Waals surface area contributed by atoms with Crippen LogP contribution in [0, 0.1) is 6.92 Å². The predicted octanol–water partition coefficient (Wildman–Crippen LogP) is 1.71. The molecule has 0 saturated heterocycles. The van der Waals surface area contributed by atoms with Gasteiger partial charge in [0.2, 0.25) is 5.91 Å². The van der Waals surface area contributed by atoms with E-state index < -0.39 is 0 Å². The first-order valence-corrected chi connectivity index (χ1v) is 7.89. The SMILES string of the molecule is CNC(=O)CC(C)NC(=O)c1cc(-c2csc(C)n2)cn1C. The average Bonchev–Trinajstić information content (AvgIpc) is 3.04. The van der Waals surface area contributed by atoms with Gasteiger partial charge in [-0.1, -0.05) is 0 Å². The highest BCUT2D eigenvalue weighted by Gasteiger charge is 2.17. The normalized spacial score (nSPS) is 12.0. The minimum absolute atomic E-state index is 0.0988. The van der Waals surface area contributed by atoms with E-state index in [0.29, 0.717) is 5.69 Å². The lowest BCUT2D eigenvalue weighted by Crippen LogP contribution is -2.37. The summed E-state index contributed by atoms with van der Waals surface area (Å²) in [7, 11) is 3.40. The maximum Gasteiger partial charge on any atom is 0.268 e. The molecule has 6 nitrogen and oxygen atoms in total. The summed E-state index contributed by atoms with van der Waals surface area (Å²) in [6.07, 6.45) is 2.14. The fourth-order valence-electron chi connectivity index (χ4n) is 2.16. The van der Waals surface area contributed by atoms with Crippen molar-refractivity contribution in [2.75, 3.05) is 7.05 Å². The lowest BCUT2D eigenvalue weighted by molar-refractivity contribution is -0.120. The Bertz CT molecular complexity index is 690. The molecule has 2 amide bonds. The van der Waals surface area contributed by atoms with E-state index in [4.69, 9.17) is 0 Å². The number of aromatic nitrogens is 2. The largest absolute Gasteiger partial charge is 0.359 e. The van der Waals surface area contributed by atoms with Crippen LogP contribution in [0.1, 0.15) is 28.8 Å². The summed E-state index contributed by atoms with van der Waals surface area (Å²) in [4.78, 5) is 28.1. The number of hydrogen-bond acceptors (Lipinski definition) is 4. The molecule has 118 valence electrons. The highest BCUT2D eigenvalue weighted by Crippen LogP contribution is 2.23. The third kappa shape index (κ3) is 3.73. The number of hydrogen-bond donors (Lipinski definition) is 2. The van der Waals surface area contributed by atoms with Crippen LogP contribution in [0.5, 0.6) is 0 Å². The number of amides is 2. The van der Waals surface area contributed by atoms with Crippen molar-refractivity contribution in [1.82, 2.24) is 20.2 Å². The summed E-state index contributed by atoms with van der Waals surface area (Å²) in [6, 6.07) is 1.59. The lowest BCUT2D eigenvalue weighted by Gasteiger charge is -2.13. The fraction of sp³-hybridized carbons (Fsp3) is 0.400. The minimum atomic E-state index is -0.229. The van der Waals surface area contributed by atoms with Gasteiger partial charge >= 0.3 is 0 Å².